The topological polar surface area (TPSA) is 17.1 Å². The zero-order valence-electron chi connectivity index (χ0n) is 11.6. The van der Waals surface area contributed by atoms with Crippen LogP contribution in [0.2, 0.25) is 0 Å². The molecule has 1 aromatic carbocycles. The molecule has 0 aliphatic heterocycles. The third-order valence-electron chi connectivity index (χ3n) is 4.74. The lowest BCUT2D eigenvalue weighted by molar-refractivity contribution is 0.0951. The highest BCUT2D eigenvalue weighted by molar-refractivity contribution is 6.00. The average Bonchev–Trinajstić information content (AvgIpc) is 2.80. The molecule has 18 heavy (non-hydrogen) atoms. The van der Waals surface area contributed by atoms with Crippen molar-refractivity contribution in [1.29, 1.82) is 0 Å². The molecule has 0 bridgehead atoms. The summed E-state index contributed by atoms with van der Waals surface area (Å²) < 4.78 is 0. The molecule has 0 radical (unpaired) electrons. The number of ketones is 1. The molecule has 0 N–H and O–H groups in total. The number of hydrogen-bond acceptors (Lipinski definition) is 1. The Morgan fingerprint density at radius 1 is 1.06 bits per heavy atom. The van der Waals surface area contributed by atoms with Crippen LogP contribution in [0.15, 0.2) is 24.3 Å². The lowest BCUT2D eigenvalue weighted by Crippen LogP contribution is -2.12. The van der Waals surface area contributed by atoms with Crippen LogP contribution in [0, 0.1) is 17.8 Å². The Kier molecular flexibility index (Phi) is 2.62. The molecule has 2 fully saturated rings. The highest BCUT2D eigenvalue weighted by Crippen LogP contribution is 2.58. The Bertz CT molecular complexity index is 453. The summed E-state index contributed by atoms with van der Waals surface area (Å²) in [5, 5.41) is 0. The van der Waals surface area contributed by atoms with E-state index in [-0.39, 0.29) is 5.41 Å². The Balaban J connectivity index is 1.75. The van der Waals surface area contributed by atoms with Crippen molar-refractivity contribution in [1.82, 2.24) is 0 Å². The third-order valence-corrected chi connectivity index (χ3v) is 4.74. The van der Waals surface area contributed by atoms with Crippen molar-refractivity contribution < 1.29 is 4.79 Å². The van der Waals surface area contributed by atoms with Gasteiger partial charge in [0.05, 0.1) is 0 Å². The van der Waals surface area contributed by atoms with Gasteiger partial charge in [0, 0.05) is 11.5 Å². The van der Waals surface area contributed by atoms with Crippen LogP contribution in [0.3, 0.4) is 0 Å². The summed E-state index contributed by atoms with van der Waals surface area (Å²) in [6.07, 6.45) is 3.89. The molecule has 0 heterocycles. The van der Waals surface area contributed by atoms with Crippen molar-refractivity contribution in [2.45, 2.75) is 45.4 Å². The highest BCUT2D eigenvalue weighted by Gasteiger charge is 2.56. The molecule has 0 spiro atoms. The zero-order valence-corrected chi connectivity index (χ0v) is 11.6. The summed E-state index contributed by atoms with van der Waals surface area (Å²) in [4.78, 5) is 12.4. The van der Waals surface area contributed by atoms with E-state index in [1.54, 1.807) is 0 Å². The van der Waals surface area contributed by atoms with Crippen LogP contribution in [0.5, 0.6) is 0 Å². The number of hydrogen-bond donors (Lipinski definition) is 0. The minimum atomic E-state index is 0.164. The smallest absolute Gasteiger partial charge is 0.166 e. The molecule has 0 amide bonds. The molecule has 2 unspecified atom stereocenters. The summed E-state index contributed by atoms with van der Waals surface area (Å²) in [5.41, 5.74) is 2.38. The van der Waals surface area contributed by atoms with Crippen molar-refractivity contribution in [2.75, 3.05) is 0 Å². The van der Waals surface area contributed by atoms with Crippen LogP contribution in [0.1, 0.15) is 56.0 Å². The largest absolute Gasteiger partial charge is 0.294 e. The minimum absolute atomic E-state index is 0.164. The maximum absolute atomic E-state index is 12.4. The van der Waals surface area contributed by atoms with Gasteiger partial charge in [-0.3, -0.25) is 4.79 Å². The second-order valence-electron chi connectivity index (χ2n) is 6.98. The number of carbonyl (C=O) groups excluding carboxylic acids is 1. The van der Waals surface area contributed by atoms with Crippen LogP contribution in [-0.2, 0) is 5.41 Å². The Hall–Kier alpha value is -1.11. The van der Waals surface area contributed by atoms with Crippen LogP contribution < -0.4 is 0 Å². The molecule has 2 saturated carbocycles. The molecule has 0 saturated heterocycles. The predicted octanol–water partition coefficient (Wildman–Crippen LogP) is 4.21. The molecule has 2 aliphatic carbocycles. The average molecular weight is 242 g/mol. The van der Waals surface area contributed by atoms with Gasteiger partial charge in [-0.05, 0) is 35.7 Å². The van der Waals surface area contributed by atoms with E-state index < -0.39 is 0 Å². The first-order valence-corrected chi connectivity index (χ1v) is 7.13. The zero-order chi connectivity index (χ0) is 12.9. The first-order chi connectivity index (χ1) is 8.48. The van der Waals surface area contributed by atoms with E-state index in [0.29, 0.717) is 11.7 Å². The molecule has 1 heteroatoms. The molecule has 2 atom stereocenters. The van der Waals surface area contributed by atoms with E-state index in [2.05, 4.69) is 32.9 Å². The van der Waals surface area contributed by atoms with Gasteiger partial charge in [-0.1, -0.05) is 51.5 Å². The van der Waals surface area contributed by atoms with Crippen molar-refractivity contribution in [3.05, 3.63) is 35.4 Å². The monoisotopic (exact) mass is 242 g/mol. The fraction of sp³-hybridized carbons (Fsp3) is 0.588. The molecule has 1 nitrogen and oxygen atoms in total. The van der Waals surface area contributed by atoms with Gasteiger partial charge in [0.15, 0.2) is 5.78 Å². The summed E-state index contributed by atoms with van der Waals surface area (Å²) in [7, 11) is 0. The maximum Gasteiger partial charge on any atom is 0.166 e. The van der Waals surface area contributed by atoms with Gasteiger partial charge < -0.3 is 0 Å². The van der Waals surface area contributed by atoms with E-state index in [0.717, 1.165) is 17.4 Å². The first-order valence-electron chi connectivity index (χ1n) is 7.13. The highest BCUT2D eigenvalue weighted by atomic mass is 16.1. The second-order valence-corrected chi connectivity index (χ2v) is 6.98. The first kappa shape index (κ1) is 12.0. The van der Waals surface area contributed by atoms with Gasteiger partial charge in [0.1, 0.15) is 0 Å². The molecule has 3 rings (SSSR count). The van der Waals surface area contributed by atoms with Crippen LogP contribution in [-0.4, -0.2) is 5.78 Å². The number of Topliss-reactive ketones (excluding diaryl/α,β-unsaturated/α-hetero) is 1. The third kappa shape index (κ3) is 1.90. The van der Waals surface area contributed by atoms with Gasteiger partial charge in [-0.2, -0.15) is 0 Å². The Morgan fingerprint density at radius 3 is 2.11 bits per heavy atom. The molecule has 1 aromatic rings. The Labute approximate surface area is 110 Å². The van der Waals surface area contributed by atoms with Crippen LogP contribution >= 0.6 is 0 Å². The standard InChI is InChI=1S/C17H22O/c1-17(2,3)12-9-7-11(8-10-12)16(18)15-13-5-4-6-14(13)15/h7-10,13-15H,4-6H2,1-3H3. The molecule has 96 valence electrons. The summed E-state index contributed by atoms with van der Waals surface area (Å²) in [6.45, 7) is 6.61. The van der Waals surface area contributed by atoms with Gasteiger partial charge >= 0.3 is 0 Å². The van der Waals surface area contributed by atoms with Gasteiger partial charge in [0.2, 0.25) is 0 Å². The lowest BCUT2D eigenvalue weighted by Gasteiger charge is -2.19. The van der Waals surface area contributed by atoms with Crippen LogP contribution in [0.25, 0.3) is 0 Å². The van der Waals surface area contributed by atoms with E-state index >= 15 is 0 Å². The van der Waals surface area contributed by atoms with E-state index in [1.807, 2.05) is 12.1 Å². The summed E-state index contributed by atoms with van der Waals surface area (Å²) >= 11 is 0. The second kappa shape index (κ2) is 3.94. The summed E-state index contributed by atoms with van der Waals surface area (Å²) in [5.74, 6) is 2.20. The predicted molar refractivity (Wildman–Crippen MR) is 73.8 cm³/mol. The van der Waals surface area contributed by atoms with E-state index in [1.165, 1.54) is 24.8 Å². The normalized spacial score (nSPS) is 30.1. The number of fused-ring (bicyclic) bond motifs is 1. The van der Waals surface area contributed by atoms with Crippen molar-refractivity contribution in [3.63, 3.8) is 0 Å². The van der Waals surface area contributed by atoms with Gasteiger partial charge in [-0.15, -0.1) is 0 Å². The fourth-order valence-corrected chi connectivity index (χ4v) is 3.54. The van der Waals surface area contributed by atoms with Gasteiger partial charge in [0.25, 0.3) is 0 Å². The quantitative estimate of drug-likeness (QED) is 0.710. The Morgan fingerprint density at radius 2 is 1.61 bits per heavy atom. The van der Waals surface area contributed by atoms with Crippen LogP contribution in [0.4, 0.5) is 0 Å². The van der Waals surface area contributed by atoms with Crippen molar-refractivity contribution >= 4 is 5.78 Å². The molecular formula is C17H22O. The van der Waals surface area contributed by atoms with Gasteiger partial charge in [-0.25, -0.2) is 0 Å². The maximum atomic E-state index is 12.4. The number of rotatable bonds is 2. The molecule has 2 aliphatic rings. The fourth-order valence-electron chi connectivity index (χ4n) is 3.54. The number of carbonyl (C=O) groups is 1. The molecular weight excluding hydrogens is 220 g/mol. The van der Waals surface area contributed by atoms with E-state index in [4.69, 9.17) is 0 Å². The van der Waals surface area contributed by atoms with E-state index in [9.17, 15) is 4.79 Å². The SMILES string of the molecule is CC(C)(C)c1ccc(C(=O)C2C3CCCC32)cc1. The molecule has 0 aromatic heterocycles. The van der Waals surface area contributed by atoms with Crippen molar-refractivity contribution in [2.24, 2.45) is 17.8 Å². The minimum Gasteiger partial charge on any atom is -0.294 e. The van der Waals surface area contributed by atoms with Crippen molar-refractivity contribution in [3.8, 4) is 0 Å². The lowest BCUT2D eigenvalue weighted by atomic mass is 9.86. The summed E-state index contributed by atoms with van der Waals surface area (Å²) in [6, 6.07) is 8.28. The number of benzene rings is 1.